The normalized spacial score (nSPS) is 14.6. The Hall–Kier alpha value is -3.20. The first kappa shape index (κ1) is 20.1. The first-order valence-electron chi connectivity index (χ1n) is 9.17. The van der Waals surface area contributed by atoms with Gasteiger partial charge >= 0.3 is 6.18 Å². The Balaban J connectivity index is 1.31. The summed E-state index contributed by atoms with van der Waals surface area (Å²) in [5.74, 6) is -1.12. The van der Waals surface area contributed by atoms with Crippen molar-refractivity contribution in [2.24, 2.45) is 0 Å². The largest absolute Gasteiger partial charge is 0.416 e. The van der Waals surface area contributed by atoms with E-state index in [9.17, 15) is 22.4 Å². The SMILES string of the molecule is O=C(c1cccc(-c2ccn[nH]2)c1)N1CC(OCc2ccc(C(F)(F)F)cc2F)C1. The number of H-pyrrole nitrogens is 1. The number of benzene rings is 2. The lowest BCUT2D eigenvalue weighted by atomic mass is 10.0. The third kappa shape index (κ3) is 4.20. The van der Waals surface area contributed by atoms with Gasteiger partial charge in [-0.2, -0.15) is 18.3 Å². The van der Waals surface area contributed by atoms with Gasteiger partial charge in [-0.1, -0.05) is 18.2 Å². The summed E-state index contributed by atoms with van der Waals surface area (Å²) in [4.78, 5) is 14.2. The monoisotopic (exact) mass is 419 g/mol. The molecule has 5 nitrogen and oxygen atoms in total. The van der Waals surface area contributed by atoms with Crippen molar-refractivity contribution >= 4 is 5.91 Å². The van der Waals surface area contributed by atoms with Crippen LogP contribution in [0, 0.1) is 5.82 Å². The highest BCUT2D eigenvalue weighted by Gasteiger charge is 2.33. The molecule has 30 heavy (non-hydrogen) atoms. The fourth-order valence-electron chi connectivity index (χ4n) is 3.18. The minimum Gasteiger partial charge on any atom is -0.370 e. The third-order valence-electron chi connectivity index (χ3n) is 4.91. The van der Waals surface area contributed by atoms with E-state index in [4.69, 9.17) is 4.74 Å². The Morgan fingerprint density at radius 3 is 2.63 bits per heavy atom. The quantitative estimate of drug-likeness (QED) is 0.629. The van der Waals surface area contributed by atoms with Gasteiger partial charge in [0.05, 0.1) is 24.0 Å². The summed E-state index contributed by atoms with van der Waals surface area (Å²) < 4.78 is 57.2. The number of ether oxygens (including phenoxy) is 1. The number of aromatic nitrogens is 2. The van der Waals surface area contributed by atoms with Crippen molar-refractivity contribution in [1.29, 1.82) is 0 Å². The van der Waals surface area contributed by atoms with Crippen LogP contribution < -0.4 is 0 Å². The molecule has 1 saturated heterocycles. The standard InChI is InChI=1S/C21H17F4N3O2/c22-18-9-16(21(23,24)25)5-4-15(18)12-30-17-10-28(11-17)20(29)14-3-1-2-13(8-14)19-6-7-26-27-19/h1-9,17H,10-12H2,(H,26,27). The Labute approximate surface area is 169 Å². The maximum absolute atomic E-state index is 13.9. The van der Waals surface area contributed by atoms with Crippen LogP contribution in [0.2, 0.25) is 0 Å². The van der Waals surface area contributed by atoms with Crippen LogP contribution in [0.5, 0.6) is 0 Å². The lowest BCUT2D eigenvalue weighted by Crippen LogP contribution is -2.54. The lowest BCUT2D eigenvalue weighted by Gasteiger charge is -2.39. The average Bonchev–Trinajstić information content (AvgIpc) is 3.22. The molecule has 0 atom stereocenters. The summed E-state index contributed by atoms with van der Waals surface area (Å²) in [6.07, 6.45) is -3.27. The molecule has 4 rings (SSSR count). The van der Waals surface area contributed by atoms with Crippen LogP contribution in [-0.2, 0) is 17.5 Å². The first-order chi connectivity index (χ1) is 14.3. The number of amides is 1. The maximum atomic E-state index is 13.9. The topological polar surface area (TPSA) is 58.2 Å². The molecule has 1 aromatic heterocycles. The molecule has 1 aliphatic rings. The summed E-state index contributed by atoms with van der Waals surface area (Å²) >= 11 is 0. The van der Waals surface area contributed by atoms with Crippen molar-refractivity contribution in [2.75, 3.05) is 13.1 Å². The van der Waals surface area contributed by atoms with Gasteiger partial charge in [-0.3, -0.25) is 9.89 Å². The molecule has 0 bridgehead atoms. The fourth-order valence-corrected chi connectivity index (χ4v) is 3.18. The zero-order valence-corrected chi connectivity index (χ0v) is 15.6. The predicted octanol–water partition coefficient (Wildman–Crippen LogP) is 4.28. The maximum Gasteiger partial charge on any atom is 0.416 e. The van der Waals surface area contributed by atoms with E-state index in [1.54, 1.807) is 35.4 Å². The molecular formula is C21H17F4N3O2. The Morgan fingerprint density at radius 2 is 1.97 bits per heavy atom. The number of alkyl halides is 3. The van der Waals surface area contributed by atoms with Crippen LogP contribution >= 0.6 is 0 Å². The number of hydrogen-bond acceptors (Lipinski definition) is 3. The number of aromatic amines is 1. The summed E-state index contributed by atoms with van der Waals surface area (Å²) in [5, 5.41) is 6.74. The van der Waals surface area contributed by atoms with E-state index in [1.807, 2.05) is 6.07 Å². The van der Waals surface area contributed by atoms with Crippen molar-refractivity contribution in [3.05, 3.63) is 77.2 Å². The molecule has 9 heteroatoms. The van der Waals surface area contributed by atoms with Crippen molar-refractivity contribution in [3.63, 3.8) is 0 Å². The minimum atomic E-state index is -4.59. The summed E-state index contributed by atoms with van der Waals surface area (Å²) in [5.41, 5.74) is 1.16. The van der Waals surface area contributed by atoms with Crippen molar-refractivity contribution in [3.8, 4) is 11.3 Å². The molecule has 3 aromatic rings. The summed E-state index contributed by atoms with van der Waals surface area (Å²) in [6.45, 7) is 0.497. The zero-order valence-electron chi connectivity index (χ0n) is 15.6. The molecule has 1 N–H and O–H groups in total. The molecule has 0 aliphatic carbocycles. The van der Waals surface area contributed by atoms with Crippen molar-refractivity contribution < 1.29 is 27.1 Å². The van der Waals surface area contributed by atoms with E-state index in [2.05, 4.69) is 10.2 Å². The molecule has 1 fully saturated rings. The van der Waals surface area contributed by atoms with Gasteiger partial charge in [0.1, 0.15) is 5.82 Å². The smallest absolute Gasteiger partial charge is 0.370 e. The number of halogens is 4. The van der Waals surface area contributed by atoms with Crippen LogP contribution in [-0.4, -0.2) is 40.2 Å². The van der Waals surface area contributed by atoms with Gasteiger partial charge in [0.2, 0.25) is 0 Å². The molecule has 2 aromatic carbocycles. The van der Waals surface area contributed by atoms with Gasteiger partial charge in [-0.15, -0.1) is 0 Å². The second kappa shape index (κ2) is 7.91. The number of carbonyl (C=O) groups is 1. The van der Waals surface area contributed by atoms with Crippen LogP contribution in [0.4, 0.5) is 17.6 Å². The van der Waals surface area contributed by atoms with Gasteiger partial charge in [0, 0.05) is 36.0 Å². The third-order valence-corrected chi connectivity index (χ3v) is 4.91. The van der Waals surface area contributed by atoms with Gasteiger partial charge in [0.15, 0.2) is 0 Å². The van der Waals surface area contributed by atoms with Crippen molar-refractivity contribution in [2.45, 2.75) is 18.9 Å². The second-order valence-electron chi connectivity index (χ2n) is 7.00. The highest BCUT2D eigenvalue weighted by atomic mass is 19.4. The number of hydrogen-bond donors (Lipinski definition) is 1. The average molecular weight is 419 g/mol. The molecule has 1 aliphatic heterocycles. The first-order valence-corrected chi connectivity index (χ1v) is 9.17. The van der Waals surface area contributed by atoms with E-state index in [1.165, 1.54) is 0 Å². The molecule has 1 amide bonds. The molecule has 0 saturated carbocycles. The predicted molar refractivity (Wildman–Crippen MR) is 99.9 cm³/mol. The minimum absolute atomic E-state index is 0.0417. The molecule has 156 valence electrons. The van der Waals surface area contributed by atoms with Gasteiger partial charge in [-0.05, 0) is 30.3 Å². The molecule has 2 heterocycles. The zero-order chi connectivity index (χ0) is 21.3. The summed E-state index contributed by atoms with van der Waals surface area (Å²) in [6, 6.07) is 11.3. The van der Waals surface area contributed by atoms with E-state index in [-0.39, 0.29) is 24.2 Å². The lowest BCUT2D eigenvalue weighted by molar-refractivity contribution is -0.137. The van der Waals surface area contributed by atoms with Gasteiger partial charge in [-0.25, -0.2) is 4.39 Å². The highest BCUT2D eigenvalue weighted by Crippen LogP contribution is 2.30. The number of nitrogens with zero attached hydrogens (tertiary/aromatic N) is 2. The van der Waals surface area contributed by atoms with E-state index in [0.29, 0.717) is 24.7 Å². The number of likely N-dealkylation sites (tertiary alicyclic amines) is 1. The molecule has 0 spiro atoms. The van der Waals surface area contributed by atoms with Crippen LogP contribution in [0.1, 0.15) is 21.5 Å². The Kier molecular flexibility index (Phi) is 5.29. The van der Waals surface area contributed by atoms with E-state index < -0.39 is 17.6 Å². The Bertz CT molecular complexity index is 1040. The second-order valence-corrected chi connectivity index (χ2v) is 7.00. The number of rotatable bonds is 5. The van der Waals surface area contributed by atoms with Crippen molar-refractivity contribution in [1.82, 2.24) is 15.1 Å². The molecule has 0 unspecified atom stereocenters. The van der Waals surface area contributed by atoms with Crippen LogP contribution in [0.25, 0.3) is 11.3 Å². The highest BCUT2D eigenvalue weighted by molar-refractivity contribution is 5.95. The Morgan fingerprint density at radius 1 is 1.17 bits per heavy atom. The van der Waals surface area contributed by atoms with Crippen LogP contribution in [0.15, 0.2) is 54.7 Å². The van der Waals surface area contributed by atoms with E-state index in [0.717, 1.165) is 23.4 Å². The molecule has 0 radical (unpaired) electrons. The van der Waals surface area contributed by atoms with Gasteiger partial charge < -0.3 is 9.64 Å². The molecular weight excluding hydrogens is 402 g/mol. The van der Waals surface area contributed by atoms with Crippen LogP contribution in [0.3, 0.4) is 0 Å². The number of nitrogens with one attached hydrogen (secondary N) is 1. The van der Waals surface area contributed by atoms with Gasteiger partial charge in [0.25, 0.3) is 5.91 Å². The summed E-state index contributed by atoms with van der Waals surface area (Å²) in [7, 11) is 0. The van der Waals surface area contributed by atoms with E-state index >= 15 is 0 Å². The number of carbonyl (C=O) groups excluding carboxylic acids is 1. The fraction of sp³-hybridized carbons (Fsp3) is 0.238.